The Kier molecular flexibility index (Phi) is 11.0. The first kappa shape index (κ1) is 29.0. The fraction of sp³-hybridized carbons (Fsp3) is 0.379. The molecular formula is C29H34N2O6S. The Balaban J connectivity index is 1.58. The molecule has 0 aromatic heterocycles. The van der Waals surface area contributed by atoms with Crippen molar-refractivity contribution in [2.24, 2.45) is 11.8 Å². The van der Waals surface area contributed by atoms with Crippen molar-refractivity contribution in [3.8, 4) is 0 Å². The van der Waals surface area contributed by atoms with E-state index in [4.69, 9.17) is 4.74 Å². The molecule has 0 fully saturated rings. The molecule has 0 aliphatic heterocycles. The van der Waals surface area contributed by atoms with Crippen LogP contribution in [-0.4, -0.2) is 40.7 Å². The molecule has 3 rings (SSSR count). The minimum absolute atomic E-state index is 0.177. The van der Waals surface area contributed by atoms with Crippen molar-refractivity contribution in [1.82, 2.24) is 0 Å². The summed E-state index contributed by atoms with van der Waals surface area (Å²) >= 11 is 1.37. The molecule has 8 nitrogen and oxygen atoms in total. The number of carbonyl (C=O) groups is 4. The molecule has 2 aromatic rings. The van der Waals surface area contributed by atoms with Crippen LogP contribution in [0.3, 0.4) is 0 Å². The molecule has 0 radical (unpaired) electrons. The van der Waals surface area contributed by atoms with Gasteiger partial charge in [0.1, 0.15) is 0 Å². The van der Waals surface area contributed by atoms with Crippen LogP contribution in [0.4, 0.5) is 11.4 Å². The molecule has 38 heavy (non-hydrogen) atoms. The third-order valence-corrected chi connectivity index (χ3v) is 7.61. The van der Waals surface area contributed by atoms with Crippen molar-refractivity contribution in [2.45, 2.75) is 56.1 Å². The van der Waals surface area contributed by atoms with Crippen molar-refractivity contribution in [3.05, 3.63) is 66.2 Å². The number of anilines is 2. The Labute approximate surface area is 227 Å². The maximum atomic E-state index is 13.0. The summed E-state index contributed by atoms with van der Waals surface area (Å²) in [4.78, 5) is 50.2. The Hall–Kier alpha value is -3.59. The number of amides is 2. The maximum absolute atomic E-state index is 13.0. The normalized spacial score (nSPS) is 17.3. The second kappa shape index (κ2) is 14.4. The number of aliphatic carboxylic acids is 1. The van der Waals surface area contributed by atoms with E-state index in [1.807, 2.05) is 26.0 Å². The molecule has 0 heterocycles. The lowest BCUT2D eigenvalue weighted by Crippen LogP contribution is -2.34. The van der Waals surface area contributed by atoms with Crippen LogP contribution in [0.5, 0.6) is 0 Å². The van der Waals surface area contributed by atoms with E-state index in [0.29, 0.717) is 42.8 Å². The third kappa shape index (κ3) is 8.21. The van der Waals surface area contributed by atoms with Gasteiger partial charge >= 0.3 is 11.9 Å². The van der Waals surface area contributed by atoms with Crippen LogP contribution < -0.4 is 10.6 Å². The monoisotopic (exact) mass is 538 g/mol. The number of carbonyl (C=O) groups excluding carboxylic acids is 3. The maximum Gasteiger partial charge on any atom is 0.338 e. The van der Waals surface area contributed by atoms with Crippen LogP contribution in [-0.2, 0) is 19.1 Å². The molecule has 2 aromatic carbocycles. The predicted octanol–water partition coefficient (Wildman–Crippen LogP) is 5.76. The van der Waals surface area contributed by atoms with Crippen LogP contribution in [0.15, 0.2) is 65.6 Å². The number of thioether (sulfide) groups is 1. The van der Waals surface area contributed by atoms with Crippen molar-refractivity contribution >= 4 is 46.9 Å². The SMILES string of the molecule is CCCCOC(=O)c1ccc(NC(=O)C(CC)Sc2cccc(NC(=O)C3CC=CCC3C(=O)O)c2)cc1. The minimum atomic E-state index is -0.975. The zero-order valence-corrected chi connectivity index (χ0v) is 22.5. The second-order valence-corrected chi connectivity index (χ2v) is 10.4. The lowest BCUT2D eigenvalue weighted by molar-refractivity contribution is -0.146. The summed E-state index contributed by atoms with van der Waals surface area (Å²) in [6.45, 7) is 4.33. The molecule has 0 saturated carbocycles. The lowest BCUT2D eigenvalue weighted by atomic mass is 9.82. The number of carboxylic acid groups (broad SMARTS) is 1. The smallest absolute Gasteiger partial charge is 0.338 e. The quantitative estimate of drug-likeness (QED) is 0.136. The molecule has 3 atom stereocenters. The van der Waals surface area contributed by atoms with Crippen LogP contribution in [0, 0.1) is 11.8 Å². The average molecular weight is 539 g/mol. The van der Waals surface area contributed by atoms with E-state index >= 15 is 0 Å². The first-order chi connectivity index (χ1) is 18.3. The largest absolute Gasteiger partial charge is 0.481 e. The van der Waals surface area contributed by atoms with Gasteiger partial charge in [-0.1, -0.05) is 38.5 Å². The van der Waals surface area contributed by atoms with Gasteiger partial charge in [-0.3, -0.25) is 14.4 Å². The topological polar surface area (TPSA) is 122 Å². The summed E-state index contributed by atoms with van der Waals surface area (Å²) in [6.07, 6.45) is 6.69. The molecule has 9 heteroatoms. The van der Waals surface area contributed by atoms with Gasteiger partial charge in [-0.2, -0.15) is 0 Å². The van der Waals surface area contributed by atoms with Gasteiger partial charge in [0.15, 0.2) is 0 Å². The van der Waals surface area contributed by atoms with E-state index in [2.05, 4.69) is 10.6 Å². The van der Waals surface area contributed by atoms with Gasteiger partial charge in [-0.25, -0.2) is 4.79 Å². The van der Waals surface area contributed by atoms with Gasteiger partial charge in [0, 0.05) is 16.3 Å². The number of hydrogen-bond acceptors (Lipinski definition) is 6. The van der Waals surface area contributed by atoms with Crippen LogP contribution in [0.1, 0.15) is 56.3 Å². The van der Waals surface area contributed by atoms with E-state index < -0.39 is 17.8 Å². The zero-order chi connectivity index (χ0) is 27.5. The van der Waals surface area contributed by atoms with Gasteiger partial charge in [0.2, 0.25) is 11.8 Å². The molecular weight excluding hydrogens is 504 g/mol. The van der Waals surface area contributed by atoms with Crippen molar-refractivity contribution in [1.29, 1.82) is 0 Å². The van der Waals surface area contributed by atoms with Gasteiger partial charge in [0.25, 0.3) is 0 Å². The van der Waals surface area contributed by atoms with Gasteiger partial charge < -0.3 is 20.5 Å². The molecule has 0 spiro atoms. The second-order valence-electron chi connectivity index (χ2n) is 9.08. The summed E-state index contributed by atoms with van der Waals surface area (Å²) in [7, 11) is 0. The lowest BCUT2D eigenvalue weighted by Gasteiger charge is -2.24. The van der Waals surface area contributed by atoms with E-state index in [1.165, 1.54) is 11.8 Å². The molecule has 3 N–H and O–H groups in total. The Bertz CT molecular complexity index is 1160. The molecule has 1 aliphatic rings. The summed E-state index contributed by atoms with van der Waals surface area (Å²) in [5, 5.41) is 14.8. The molecule has 2 amide bonds. The Morgan fingerprint density at radius 1 is 0.974 bits per heavy atom. The summed E-state index contributed by atoms with van der Waals surface area (Å²) in [6, 6.07) is 13.8. The highest BCUT2D eigenvalue weighted by atomic mass is 32.2. The van der Waals surface area contributed by atoms with Crippen molar-refractivity contribution in [3.63, 3.8) is 0 Å². The van der Waals surface area contributed by atoms with Gasteiger partial charge in [-0.15, -0.1) is 11.8 Å². The Morgan fingerprint density at radius 3 is 2.34 bits per heavy atom. The van der Waals surface area contributed by atoms with E-state index in [0.717, 1.165) is 17.7 Å². The molecule has 3 unspecified atom stereocenters. The summed E-state index contributed by atoms with van der Waals surface area (Å²) < 4.78 is 5.21. The van der Waals surface area contributed by atoms with Crippen molar-refractivity contribution < 1.29 is 29.0 Å². The average Bonchev–Trinajstić information content (AvgIpc) is 2.92. The van der Waals surface area contributed by atoms with Crippen molar-refractivity contribution in [2.75, 3.05) is 17.2 Å². The summed E-state index contributed by atoms with van der Waals surface area (Å²) in [5.74, 6) is -3.24. The first-order valence-electron chi connectivity index (χ1n) is 12.9. The zero-order valence-electron chi connectivity index (χ0n) is 21.6. The number of hydrogen-bond donors (Lipinski definition) is 3. The Morgan fingerprint density at radius 2 is 1.68 bits per heavy atom. The number of nitrogens with one attached hydrogen (secondary N) is 2. The standard InChI is InChI=1S/C29H34N2O6S/c1-3-5-17-37-29(36)19-13-15-20(16-14-19)30-27(33)25(4-2)38-22-10-8-9-21(18-22)31-26(32)23-11-6-7-12-24(23)28(34)35/h6-10,13-16,18,23-25H,3-5,11-12,17H2,1-2H3,(H,30,33)(H,31,32)(H,34,35). The third-order valence-electron chi connectivity index (χ3n) is 6.25. The summed E-state index contributed by atoms with van der Waals surface area (Å²) in [5.41, 5.74) is 1.56. The molecule has 0 bridgehead atoms. The fourth-order valence-corrected chi connectivity index (χ4v) is 5.06. The number of rotatable bonds is 12. The highest BCUT2D eigenvalue weighted by Gasteiger charge is 2.34. The number of esters is 1. The predicted molar refractivity (Wildman–Crippen MR) is 148 cm³/mol. The highest BCUT2D eigenvalue weighted by Crippen LogP contribution is 2.30. The number of ether oxygens (including phenoxy) is 1. The van der Waals surface area contributed by atoms with E-state index in [1.54, 1.807) is 48.5 Å². The number of allylic oxidation sites excluding steroid dienone is 2. The van der Waals surface area contributed by atoms with Crippen LogP contribution >= 0.6 is 11.8 Å². The molecule has 202 valence electrons. The number of benzene rings is 2. The first-order valence-corrected chi connectivity index (χ1v) is 13.7. The van der Waals surface area contributed by atoms with Crippen LogP contribution in [0.2, 0.25) is 0 Å². The number of unbranched alkanes of at least 4 members (excludes halogenated alkanes) is 1. The van der Waals surface area contributed by atoms with Gasteiger partial charge in [0.05, 0.1) is 29.3 Å². The van der Waals surface area contributed by atoms with Crippen LogP contribution in [0.25, 0.3) is 0 Å². The van der Waals surface area contributed by atoms with Gasteiger partial charge in [-0.05, 0) is 68.1 Å². The number of carboxylic acids is 1. The molecule has 0 saturated heterocycles. The molecule has 1 aliphatic carbocycles. The fourth-order valence-electron chi connectivity index (χ4n) is 4.05. The van der Waals surface area contributed by atoms with E-state index in [9.17, 15) is 24.3 Å². The van der Waals surface area contributed by atoms with E-state index in [-0.39, 0.29) is 23.0 Å². The highest BCUT2D eigenvalue weighted by molar-refractivity contribution is 8.00. The minimum Gasteiger partial charge on any atom is -0.481 e.